The first-order valence-corrected chi connectivity index (χ1v) is 5.21. The molecule has 14 heavy (non-hydrogen) atoms. The van der Waals surface area contributed by atoms with E-state index >= 15 is 0 Å². The van der Waals surface area contributed by atoms with Gasteiger partial charge in [-0.15, -0.1) is 0 Å². The van der Waals surface area contributed by atoms with Crippen LogP contribution in [0.4, 0.5) is 4.39 Å². The lowest BCUT2D eigenvalue weighted by Gasteiger charge is -2.08. The SMILES string of the molecule is CC(O)CNCc1ccc(F)cc1Br. The second kappa shape index (κ2) is 5.44. The number of halogens is 2. The van der Waals surface area contributed by atoms with E-state index in [1.54, 1.807) is 13.0 Å². The first-order chi connectivity index (χ1) is 6.59. The molecule has 0 heterocycles. The molecule has 0 aliphatic carbocycles. The number of hydrogen-bond acceptors (Lipinski definition) is 2. The van der Waals surface area contributed by atoms with Crippen LogP contribution in [0.15, 0.2) is 22.7 Å². The van der Waals surface area contributed by atoms with Crippen LogP contribution in [0.2, 0.25) is 0 Å². The lowest BCUT2D eigenvalue weighted by atomic mass is 10.2. The van der Waals surface area contributed by atoms with Gasteiger partial charge in [0.05, 0.1) is 6.10 Å². The van der Waals surface area contributed by atoms with E-state index < -0.39 is 0 Å². The highest BCUT2D eigenvalue weighted by atomic mass is 79.9. The van der Waals surface area contributed by atoms with E-state index in [1.807, 2.05) is 0 Å². The Labute approximate surface area is 91.3 Å². The van der Waals surface area contributed by atoms with E-state index in [9.17, 15) is 4.39 Å². The number of hydrogen-bond donors (Lipinski definition) is 2. The molecule has 0 saturated carbocycles. The topological polar surface area (TPSA) is 32.3 Å². The van der Waals surface area contributed by atoms with Crippen molar-refractivity contribution in [2.24, 2.45) is 0 Å². The van der Waals surface area contributed by atoms with Gasteiger partial charge in [0.1, 0.15) is 5.82 Å². The Morgan fingerprint density at radius 2 is 2.29 bits per heavy atom. The fraction of sp³-hybridized carbons (Fsp3) is 0.400. The number of benzene rings is 1. The summed E-state index contributed by atoms with van der Waals surface area (Å²) in [6.45, 7) is 2.86. The molecule has 1 rings (SSSR count). The maximum absolute atomic E-state index is 12.7. The summed E-state index contributed by atoms with van der Waals surface area (Å²) in [4.78, 5) is 0. The highest BCUT2D eigenvalue weighted by Crippen LogP contribution is 2.17. The van der Waals surface area contributed by atoms with Crippen LogP contribution < -0.4 is 5.32 Å². The Bertz CT molecular complexity index is 304. The summed E-state index contributed by atoms with van der Waals surface area (Å²) in [5, 5.41) is 12.1. The molecule has 2 nitrogen and oxygen atoms in total. The summed E-state index contributed by atoms with van der Waals surface area (Å²) in [6.07, 6.45) is -0.366. The predicted octanol–water partition coefficient (Wildman–Crippen LogP) is 2.06. The van der Waals surface area contributed by atoms with Crippen molar-refractivity contribution in [3.8, 4) is 0 Å². The second-order valence-corrected chi connectivity index (χ2v) is 4.07. The number of rotatable bonds is 4. The smallest absolute Gasteiger partial charge is 0.124 e. The molecule has 0 bridgehead atoms. The molecule has 1 aromatic rings. The molecule has 0 aromatic heterocycles. The zero-order valence-corrected chi connectivity index (χ0v) is 9.51. The van der Waals surface area contributed by atoms with Gasteiger partial charge in [-0.25, -0.2) is 4.39 Å². The second-order valence-electron chi connectivity index (χ2n) is 3.22. The van der Waals surface area contributed by atoms with Gasteiger partial charge >= 0.3 is 0 Å². The molecule has 0 aliphatic heterocycles. The minimum absolute atomic E-state index is 0.254. The third kappa shape index (κ3) is 3.74. The molecule has 0 spiro atoms. The molecule has 0 saturated heterocycles. The molecule has 0 radical (unpaired) electrons. The van der Waals surface area contributed by atoms with Gasteiger partial charge in [-0.1, -0.05) is 22.0 Å². The molecule has 1 unspecified atom stereocenters. The van der Waals surface area contributed by atoms with E-state index in [1.165, 1.54) is 12.1 Å². The number of aliphatic hydroxyl groups is 1. The van der Waals surface area contributed by atoms with Crippen molar-refractivity contribution < 1.29 is 9.50 Å². The normalized spacial score (nSPS) is 12.9. The number of aliphatic hydroxyl groups excluding tert-OH is 1. The standard InChI is InChI=1S/C10H13BrFNO/c1-7(14)5-13-6-8-2-3-9(12)4-10(8)11/h2-4,7,13-14H,5-6H2,1H3. The zero-order chi connectivity index (χ0) is 10.6. The van der Waals surface area contributed by atoms with Gasteiger partial charge in [-0.2, -0.15) is 0 Å². The summed E-state index contributed by atoms with van der Waals surface area (Å²) in [5.74, 6) is -0.254. The zero-order valence-electron chi connectivity index (χ0n) is 7.93. The summed E-state index contributed by atoms with van der Waals surface area (Å²) in [6, 6.07) is 4.57. The van der Waals surface area contributed by atoms with Gasteiger partial charge in [0.15, 0.2) is 0 Å². The summed E-state index contributed by atoms with van der Waals surface area (Å²) >= 11 is 3.27. The van der Waals surface area contributed by atoms with E-state index in [0.29, 0.717) is 13.1 Å². The van der Waals surface area contributed by atoms with Crippen LogP contribution in [0.5, 0.6) is 0 Å². The van der Waals surface area contributed by atoms with Crippen molar-refractivity contribution in [1.82, 2.24) is 5.32 Å². The fourth-order valence-electron chi connectivity index (χ4n) is 1.08. The summed E-state index contributed by atoms with van der Waals surface area (Å²) in [5.41, 5.74) is 0.979. The number of nitrogens with one attached hydrogen (secondary N) is 1. The van der Waals surface area contributed by atoms with Gasteiger partial charge in [0.2, 0.25) is 0 Å². The van der Waals surface area contributed by atoms with E-state index in [2.05, 4.69) is 21.2 Å². The van der Waals surface area contributed by atoms with E-state index in [4.69, 9.17) is 5.11 Å². The molecule has 0 fully saturated rings. The third-order valence-electron chi connectivity index (χ3n) is 1.77. The predicted molar refractivity (Wildman–Crippen MR) is 57.5 cm³/mol. The minimum Gasteiger partial charge on any atom is -0.392 e. The first-order valence-electron chi connectivity index (χ1n) is 4.42. The largest absolute Gasteiger partial charge is 0.392 e. The van der Waals surface area contributed by atoms with Crippen LogP contribution in [0.1, 0.15) is 12.5 Å². The Balaban J connectivity index is 2.51. The Kier molecular flexibility index (Phi) is 4.51. The van der Waals surface area contributed by atoms with E-state index in [0.717, 1.165) is 10.0 Å². The van der Waals surface area contributed by atoms with Gasteiger partial charge in [0, 0.05) is 17.6 Å². The highest BCUT2D eigenvalue weighted by molar-refractivity contribution is 9.10. The van der Waals surface area contributed by atoms with Crippen LogP contribution in [-0.2, 0) is 6.54 Å². The highest BCUT2D eigenvalue weighted by Gasteiger charge is 2.01. The summed E-state index contributed by atoms with van der Waals surface area (Å²) < 4.78 is 13.5. The van der Waals surface area contributed by atoms with Gasteiger partial charge in [0.25, 0.3) is 0 Å². The molecular formula is C10H13BrFNO. The van der Waals surface area contributed by atoms with Gasteiger partial charge < -0.3 is 10.4 Å². The molecule has 1 atom stereocenters. The van der Waals surface area contributed by atoms with Crippen molar-refractivity contribution in [1.29, 1.82) is 0 Å². The molecule has 0 aliphatic rings. The molecule has 4 heteroatoms. The Hall–Kier alpha value is -0.450. The average molecular weight is 262 g/mol. The molecule has 2 N–H and O–H groups in total. The van der Waals surface area contributed by atoms with Crippen LogP contribution in [-0.4, -0.2) is 17.8 Å². The molecular weight excluding hydrogens is 249 g/mol. The lowest BCUT2D eigenvalue weighted by Crippen LogP contribution is -2.23. The molecule has 1 aromatic carbocycles. The van der Waals surface area contributed by atoms with Crippen LogP contribution >= 0.6 is 15.9 Å². The Morgan fingerprint density at radius 3 is 2.86 bits per heavy atom. The van der Waals surface area contributed by atoms with E-state index in [-0.39, 0.29) is 11.9 Å². The maximum atomic E-state index is 12.7. The maximum Gasteiger partial charge on any atom is 0.124 e. The van der Waals surface area contributed by atoms with Crippen LogP contribution in [0.3, 0.4) is 0 Å². The minimum atomic E-state index is -0.366. The van der Waals surface area contributed by atoms with Crippen molar-refractivity contribution in [3.05, 3.63) is 34.1 Å². The third-order valence-corrected chi connectivity index (χ3v) is 2.51. The summed E-state index contributed by atoms with van der Waals surface area (Å²) in [7, 11) is 0. The fourth-order valence-corrected chi connectivity index (χ4v) is 1.57. The lowest BCUT2D eigenvalue weighted by molar-refractivity contribution is 0.191. The van der Waals surface area contributed by atoms with Crippen molar-refractivity contribution in [2.75, 3.05) is 6.54 Å². The molecule has 78 valence electrons. The van der Waals surface area contributed by atoms with Crippen LogP contribution in [0.25, 0.3) is 0 Å². The van der Waals surface area contributed by atoms with Crippen molar-refractivity contribution in [3.63, 3.8) is 0 Å². The quantitative estimate of drug-likeness (QED) is 0.870. The van der Waals surface area contributed by atoms with Crippen molar-refractivity contribution >= 4 is 15.9 Å². The monoisotopic (exact) mass is 261 g/mol. The first kappa shape index (κ1) is 11.6. The molecule has 0 amide bonds. The average Bonchev–Trinajstić information content (AvgIpc) is 2.08. The van der Waals surface area contributed by atoms with Gasteiger partial charge in [-0.3, -0.25) is 0 Å². The van der Waals surface area contributed by atoms with Crippen LogP contribution in [0, 0.1) is 5.82 Å². The van der Waals surface area contributed by atoms with Gasteiger partial charge in [-0.05, 0) is 24.6 Å². The Morgan fingerprint density at radius 1 is 1.57 bits per heavy atom. The van der Waals surface area contributed by atoms with Crippen molar-refractivity contribution in [2.45, 2.75) is 19.6 Å².